The fourth-order valence-electron chi connectivity index (χ4n) is 0.884. The molecule has 1 aromatic carbocycles. The molecular weight excluding hydrogens is 236 g/mol. The van der Waals surface area contributed by atoms with E-state index in [-0.39, 0.29) is 15.5 Å². The molecule has 0 spiro atoms. The Morgan fingerprint density at radius 3 is 2.29 bits per heavy atom. The molecule has 0 saturated heterocycles. The third-order valence-corrected chi connectivity index (χ3v) is 2.91. The maximum Gasteiger partial charge on any atom is 0.263 e. The van der Waals surface area contributed by atoms with Crippen LogP contribution < -0.4 is 5.14 Å². The first-order valence-corrected chi connectivity index (χ1v) is 5.35. The zero-order valence-electron chi connectivity index (χ0n) is 6.75. The Hall–Kier alpha value is -0.720. The lowest BCUT2D eigenvalue weighted by Crippen LogP contribution is -2.12. The lowest BCUT2D eigenvalue weighted by molar-refractivity contribution is 0.151. The largest absolute Gasteiger partial charge is 0.263 e. The average Bonchev–Trinajstić information content (AvgIpc) is 2.01. The number of halogens is 3. The molecule has 0 radical (unpaired) electrons. The molecule has 0 atom stereocenters. The quantitative estimate of drug-likeness (QED) is 0.860. The van der Waals surface area contributed by atoms with Crippen LogP contribution in [0.2, 0.25) is 5.02 Å². The Morgan fingerprint density at radius 2 is 1.93 bits per heavy atom. The molecule has 0 aromatic heterocycles. The molecule has 0 amide bonds. The third kappa shape index (κ3) is 2.40. The number of benzene rings is 1. The van der Waals surface area contributed by atoms with E-state index in [9.17, 15) is 17.2 Å². The minimum absolute atomic E-state index is 0.301. The summed E-state index contributed by atoms with van der Waals surface area (Å²) in [6, 6.07) is 2.81. The first-order valence-electron chi connectivity index (χ1n) is 3.43. The van der Waals surface area contributed by atoms with Gasteiger partial charge in [0.05, 0.1) is 5.02 Å². The van der Waals surface area contributed by atoms with Crippen molar-refractivity contribution in [2.45, 2.75) is 11.3 Å². The van der Waals surface area contributed by atoms with Crippen molar-refractivity contribution in [1.82, 2.24) is 0 Å². The Bertz CT molecular complexity index is 447. The van der Waals surface area contributed by atoms with E-state index in [1.807, 2.05) is 0 Å². The van der Waals surface area contributed by atoms with Crippen LogP contribution in [-0.4, -0.2) is 8.42 Å². The molecule has 3 nitrogen and oxygen atoms in total. The summed E-state index contributed by atoms with van der Waals surface area (Å²) in [4.78, 5) is -0.358. The van der Waals surface area contributed by atoms with Crippen LogP contribution in [0.25, 0.3) is 0 Å². The number of primary sulfonamides is 1. The molecule has 7 heteroatoms. The Kier molecular flexibility index (Phi) is 3.08. The van der Waals surface area contributed by atoms with Gasteiger partial charge in [-0.05, 0) is 12.1 Å². The van der Waals surface area contributed by atoms with E-state index in [0.717, 1.165) is 18.2 Å². The fourth-order valence-corrected chi connectivity index (χ4v) is 1.98. The molecule has 0 saturated carbocycles. The summed E-state index contributed by atoms with van der Waals surface area (Å²) in [5, 5.41) is 4.48. The molecule has 0 bridgehead atoms. The number of hydrogen-bond acceptors (Lipinski definition) is 2. The molecule has 0 fully saturated rings. The fraction of sp³-hybridized carbons (Fsp3) is 0.143. The summed E-state index contributed by atoms with van der Waals surface area (Å²) in [7, 11) is -3.95. The van der Waals surface area contributed by atoms with Gasteiger partial charge in [0.15, 0.2) is 0 Å². The smallest absolute Gasteiger partial charge is 0.225 e. The molecule has 0 aliphatic rings. The van der Waals surface area contributed by atoms with Crippen molar-refractivity contribution in [3.05, 3.63) is 28.8 Å². The summed E-state index contributed by atoms with van der Waals surface area (Å²) in [5.41, 5.74) is -0.345. The third-order valence-electron chi connectivity index (χ3n) is 1.51. The van der Waals surface area contributed by atoms with Crippen LogP contribution in [0, 0.1) is 0 Å². The SMILES string of the molecule is NS(=O)(=O)c1ccc(C(F)F)cc1Cl. The van der Waals surface area contributed by atoms with E-state index in [4.69, 9.17) is 16.7 Å². The van der Waals surface area contributed by atoms with Crippen LogP contribution in [0.15, 0.2) is 23.1 Å². The van der Waals surface area contributed by atoms with Gasteiger partial charge in [0, 0.05) is 5.56 Å². The number of hydrogen-bond donors (Lipinski definition) is 1. The monoisotopic (exact) mass is 241 g/mol. The summed E-state index contributed by atoms with van der Waals surface area (Å²) in [6.07, 6.45) is -2.69. The molecule has 0 aliphatic carbocycles. The highest BCUT2D eigenvalue weighted by Crippen LogP contribution is 2.26. The van der Waals surface area contributed by atoms with Gasteiger partial charge in [-0.3, -0.25) is 0 Å². The molecule has 1 rings (SSSR count). The lowest BCUT2D eigenvalue weighted by Gasteiger charge is -2.04. The van der Waals surface area contributed by atoms with E-state index in [1.165, 1.54) is 0 Å². The molecule has 14 heavy (non-hydrogen) atoms. The summed E-state index contributed by atoms with van der Waals surface area (Å²) in [5.74, 6) is 0. The minimum atomic E-state index is -3.95. The Morgan fingerprint density at radius 1 is 1.36 bits per heavy atom. The first kappa shape index (κ1) is 11.4. The standard InChI is InChI=1S/C7H6ClF2NO2S/c8-5-3-4(7(9)10)1-2-6(5)14(11,12)13/h1-3,7H,(H2,11,12,13). The second kappa shape index (κ2) is 3.80. The van der Waals surface area contributed by atoms with Crippen molar-refractivity contribution in [2.75, 3.05) is 0 Å². The second-order valence-corrected chi connectivity index (χ2v) is 4.47. The van der Waals surface area contributed by atoms with E-state index in [1.54, 1.807) is 0 Å². The predicted octanol–water partition coefficient (Wildman–Crippen LogP) is 1.93. The van der Waals surface area contributed by atoms with Gasteiger partial charge in [0.25, 0.3) is 6.43 Å². The van der Waals surface area contributed by atoms with Crippen LogP contribution in [0.3, 0.4) is 0 Å². The highest BCUT2D eigenvalue weighted by Gasteiger charge is 2.15. The Balaban J connectivity index is 3.28. The highest BCUT2D eigenvalue weighted by molar-refractivity contribution is 7.89. The average molecular weight is 242 g/mol. The van der Waals surface area contributed by atoms with Crippen molar-refractivity contribution in [2.24, 2.45) is 5.14 Å². The molecule has 78 valence electrons. The second-order valence-electron chi connectivity index (χ2n) is 2.54. The van der Waals surface area contributed by atoms with Crippen molar-refractivity contribution >= 4 is 21.6 Å². The van der Waals surface area contributed by atoms with Gasteiger partial charge >= 0.3 is 0 Å². The van der Waals surface area contributed by atoms with Gasteiger partial charge in [0.2, 0.25) is 10.0 Å². The van der Waals surface area contributed by atoms with E-state index < -0.39 is 16.4 Å². The van der Waals surface area contributed by atoms with Crippen molar-refractivity contribution in [3.8, 4) is 0 Å². The van der Waals surface area contributed by atoms with Crippen LogP contribution in [0.1, 0.15) is 12.0 Å². The van der Waals surface area contributed by atoms with E-state index in [0.29, 0.717) is 0 Å². The zero-order chi connectivity index (χ0) is 10.9. The first-order chi connectivity index (χ1) is 6.32. The number of sulfonamides is 1. The predicted molar refractivity (Wildman–Crippen MR) is 47.8 cm³/mol. The van der Waals surface area contributed by atoms with Gasteiger partial charge in [-0.25, -0.2) is 22.3 Å². The molecule has 2 N–H and O–H groups in total. The molecule has 1 aromatic rings. The van der Waals surface area contributed by atoms with Gasteiger partial charge in [0.1, 0.15) is 4.90 Å². The van der Waals surface area contributed by atoms with Crippen molar-refractivity contribution in [3.63, 3.8) is 0 Å². The summed E-state index contributed by atoms with van der Waals surface area (Å²) in [6.45, 7) is 0. The molecule has 0 heterocycles. The van der Waals surface area contributed by atoms with E-state index in [2.05, 4.69) is 0 Å². The molecule has 0 unspecified atom stereocenters. The summed E-state index contributed by atoms with van der Waals surface area (Å²) >= 11 is 5.47. The topological polar surface area (TPSA) is 60.2 Å². The number of rotatable bonds is 2. The van der Waals surface area contributed by atoms with Gasteiger partial charge < -0.3 is 0 Å². The Labute approximate surface area is 84.5 Å². The highest BCUT2D eigenvalue weighted by atomic mass is 35.5. The van der Waals surface area contributed by atoms with Crippen LogP contribution in [-0.2, 0) is 10.0 Å². The normalized spacial score (nSPS) is 12.1. The molecule has 0 aliphatic heterocycles. The van der Waals surface area contributed by atoms with Gasteiger partial charge in [-0.15, -0.1) is 0 Å². The lowest BCUT2D eigenvalue weighted by atomic mass is 10.2. The van der Waals surface area contributed by atoms with Crippen molar-refractivity contribution in [1.29, 1.82) is 0 Å². The van der Waals surface area contributed by atoms with Gasteiger partial charge in [-0.1, -0.05) is 17.7 Å². The molecular formula is C7H6ClF2NO2S. The van der Waals surface area contributed by atoms with Gasteiger partial charge in [-0.2, -0.15) is 0 Å². The van der Waals surface area contributed by atoms with E-state index >= 15 is 0 Å². The van der Waals surface area contributed by atoms with Crippen molar-refractivity contribution < 1.29 is 17.2 Å². The minimum Gasteiger partial charge on any atom is -0.225 e. The van der Waals surface area contributed by atoms with Crippen LogP contribution in [0.5, 0.6) is 0 Å². The van der Waals surface area contributed by atoms with Crippen LogP contribution in [0.4, 0.5) is 8.78 Å². The maximum absolute atomic E-state index is 12.1. The van der Waals surface area contributed by atoms with Crippen LogP contribution >= 0.6 is 11.6 Å². The number of alkyl halides is 2. The zero-order valence-corrected chi connectivity index (χ0v) is 8.32. The maximum atomic E-state index is 12.1. The summed E-state index contributed by atoms with van der Waals surface area (Å²) < 4.78 is 46.0. The number of nitrogens with two attached hydrogens (primary N) is 1.